The molecule has 0 bridgehead atoms. The second-order valence-electron chi connectivity index (χ2n) is 5.24. The van der Waals surface area contributed by atoms with Crippen molar-refractivity contribution in [2.75, 3.05) is 7.11 Å². The highest BCUT2D eigenvalue weighted by Gasteiger charge is 2.20. The maximum absolute atomic E-state index is 12.1. The molecule has 4 heteroatoms. The molecule has 2 aromatic carbocycles. The molecular formula is C19H20O4. The van der Waals surface area contributed by atoms with E-state index in [9.17, 15) is 9.59 Å². The first kappa shape index (κ1) is 16.7. The third-order valence-corrected chi connectivity index (χ3v) is 3.57. The van der Waals surface area contributed by atoms with E-state index in [0.717, 1.165) is 11.1 Å². The van der Waals surface area contributed by atoms with Crippen LogP contribution in [-0.2, 0) is 25.7 Å². The summed E-state index contributed by atoms with van der Waals surface area (Å²) in [6.07, 6.45) is 0.299. The van der Waals surface area contributed by atoms with Crippen molar-refractivity contribution in [3.63, 3.8) is 0 Å². The van der Waals surface area contributed by atoms with Crippen LogP contribution in [0.25, 0.3) is 0 Å². The summed E-state index contributed by atoms with van der Waals surface area (Å²) in [7, 11) is 1.35. The third kappa shape index (κ3) is 5.58. The molecule has 0 radical (unpaired) electrons. The summed E-state index contributed by atoms with van der Waals surface area (Å²) < 4.78 is 10.0. The molecule has 2 rings (SSSR count). The molecule has 4 nitrogen and oxygen atoms in total. The SMILES string of the molecule is COC(=O)CC(CC(=O)OCc1ccccc1)c1ccccc1. The maximum Gasteiger partial charge on any atom is 0.306 e. The molecule has 1 atom stereocenters. The molecule has 0 amide bonds. The highest BCUT2D eigenvalue weighted by atomic mass is 16.5. The van der Waals surface area contributed by atoms with E-state index in [4.69, 9.17) is 9.47 Å². The predicted octanol–water partition coefficient (Wildman–Crippen LogP) is 3.47. The Bertz CT molecular complexity index is 622. The number of hydrogen-bond acceptors (Lipinski definition) is 4. The Kier molecular flexibility index (Phi) is 6.36. The smallest absolute Gasteiger partial charge is 0.306 e. The van der Waals surface area contributed by atoms with Gasteiger partial charge in [-0.1, -0.05) is 60.7 Å². The number of ether oxygens (including phenoxy) is 2. The number of hydrogen-bond donors (Lipinski definition) is 0. The summed E-state index contributed by atoms with van der Waals surface area (Å²) >= 11 is 0. The first-order valence-electron chi connectivity index (χ1n) is 7.50. The van der Waals surface area contributed by atoms with Gasteiger partial charge in [-0.3, -0.25) is 9.59 Å². The van der Waals surface area contributed by atoms with Crippen LogP contribution in [0.4, 0.5) is 0 Å². The zero-order valence-electron chi connectivity index (χ0n) is 13.1. The van der Waals surface area contributed by atoms with E-state index < -0.39 is 0 Å². The minimum Gasteiger partial charge on any atom is -0.469 e. The van der Waals surface area contributed by atoms with Crippen LogP contribution in [0.3, 0.4) is 0 Å². The van der Waals surface area contributed by atoms with Crippen molar-refractivity contribution < 1.29 is 19.1 Å². The fourth-order valence-corrected chi connectivity index (χ4v) is 2.32. The van der Waals surface area contributed by atoms with Gasteiger partial charge in [-0.25, -0.2) is 0 Å². The van der Waals surface area contributed by atoms with Gasteiger partial charge in [0.25, 0.3) is 0 Å². The molecule has 0 aliphatic rings. The van der Waals surface area contributed by atoms with Crippen LogP contribution in [0.15, 0.2) is 60.7 Å². The number of benzene rings is 2. The first-order chi connectivity index (χ1) is 11.2. The zero-order chi connectivity index (χ0) is 16.5. The molecule has 0 aromatic heterocycles. The van der Waals surface area contributed by atoms with Crippen LogP contribution in [-0.4, -0.2) is 19.0 Å². The van der Waals surface area contributed by atoms with E-state index in [1.165, 1.54) is 7.11 Å². The van der Waals surface area contributed by atoms with Crippen molar-refractivity contribution in [3.8, 4) is 0 Å². The van der Waals surface area contributed by atoms with Crippen LogP contribution in [0.5, 0.6) is 0 Å². The Balaban J connectivity index is 1.96. The summed E-state index contributed by atoms with van der Waals surface area (Å²) in [6, 6.07) is 19.0. The lowest BCUT2D eigenvalue weighted by Gasteiger charge is -2.15. The first-order valence-corrected chi connectivity index (χ1v) is 7.50. The van der Waals surface area contributed by atoms with Crippen LogP contribution in [0.1, 0.15) is 29.9 Å². The quantitative estimate of drug-likeness (QED) is 0.735. The van der Waals surface area contributed by atoms with Crippen molar-refractivity contribution in [3.05, 3.63) is 71.8 Å². The van der Waals surface area contributed by atoms with Gasteiger partial charge in [-0.15, -0.1) is 0 Å². The summed E-state index contributed by atoms with van der Waals surface area (Å²) in [4.78, 5) is 23.7. The van der Waals surface area contributed by atoms with Gasteiger partial charge in [-0.2, -0.15) is 0 Å². The standard InChI is InChI=1S/C19H20O4/c1-22-18(20)12-17(16-10-6-3-7-11-16)13-19(21)23-14-15-8-4-2-5-9-15/h2-11,17H,12-14H2,1H3. The molecule has 0 spiro atoms. The lowest BCUT2D eigenvalue weighted by Crippen LogP contribution is -2.15. The van der Waals surface area contributed by atoms with Gasteiger partial charge >= 0.3 is 11.9 Å². The number of carbonyl (C=O) groups is 2. The van der Waals surface area contributed by atoms with E-state index in [1.54, 1.807) is 0 Å². The van der Waals surface area contributed by atoms with Crippen LogP contribution in [0.2, 0.25) is 0 Å². The summed E-state index contributed by atoms with van der Waals surface area (Å²) in [5.74, 6) is -0.909. The summed E-state index contributed by atoms with van der Waals surface area (Å²) in [5.41, 5.74) is 1.86. The Hall–Kier alpha value is -2.62. The Morgan fingerprint density at radius 2 is 1.43 bits per heavy atom. The second kappa shape index (κ2) is 8.73. The van der Waals surface area contributed by atoms with Crippen molar-refractivity contribution in [1.29, 1.82) is 0 Å². The van der Waals surface area contributed by atoms with E-state index in [-0.39, 0.29) is 37.3 Å². The van der Waals surface area contributed by atoms with Crippen molar-refractivity contribution in [1.82, 2.24) is 0 Å². The van der Waals surface area contributed by atoms with Gasteiger partial charge in [0.15, 0.2) is 0 Å². The fraction of sp³-hybridized carbons (Fsp3) is 0.263. The molecule has 0 saturated carbocycles. The van der Waals surface area contributed by atoms with Gasteiger partial charge < -0.3 is 9.47 Å². The molecule has 1 unspecified atom stereocenters. The van der Waals surface area contributed by atoms with E-state index >= 15 is 0 Å². The monoisotopic (exact) mass is 312 g/mol. The number of rotatable bonds is 7. The van der Waals surface area contributed by atoms with E-state index in [2.05, 4.69) is 0 Å². The lowest BCUT2D eigenvalue weighted by molar-refractivity contribution is -0.146. The average molecular weight is 312 g/mol. The fourth-order valence-electron chi connectivity index (χ4n) is 2.32. The van der Waals surface area contributed by atoms with Gasteiger partial charge in [-0.05, 0) is 11.1 Å². The van der Waals surface area contributed by atoms with Crippen molar-refractivity contribution >= 4 is 11.9 Å². The minimum atomic E-state index is -0.338. The molecule has 0 saturated heterocycles. The molecule has 2 aromatic rings. The minimum absolute atomic E-state index is 0.145. The van der Waals surface area contributed by atoms with Crippen molar-refractivity contribution in [2.24, 2.45) is 0 Å². The Morgan fingerprint density at radius 1 is 0.870 bits per heavy atom. The lowest BCUT2D eigenvalue weighted by atomic mass is 9.92. The van der Waals surface area contributed by atoms with Crippen molar-refractivity contribution in [2.45, 2.75) is 25.4 Å². The summed E-state index contributed by atoms with van der Waals surface area (Å²) in [6.45, 7) is 0.236. The maximum atomic E-state index is 12.1. The zero-order valence-corrected chi connectivity index (χ0v) is 13.1. The van der Waals surface area contributed by atoms with Gasteiger partial charge in [0.05, 0.1) is 20.0 Å². The highest BCUT2D eigenvalue weighted by Crippen LogP contribution is 2.24. The van der Waals surface area contributed by atoms with E-state index in [0.29, 0.717) is 0 Å². The molecule has 23 heavy (non-hydrogen) atoms. The molecule has 0 N–H and O–H groups in total. The number of carbonyl (C=O) groups excluding carboxylic acids is 2. The largest absolute Gasteiger partial charge is 0.469 e. The third-order valence-electron chi connectivity index (χ3n) is 3.57. The molecule has 0 aliphatic heterocycles. The van der Waals surface area contributed by atoms with Crippen LogP contribution < -0.4 is 0 Å². The number of methoxy groups -OCH3 is 1. The second-order valence-corrected chi connectivity index (χ2v) is 5.24. The molecular weight excluding hydrogens is 292 g/mol. The molecule has 120 valence electrons. The summed E-state index contributed by atoms with van der Waals surface area (Å²) in [5, 5.41) is 0. The van der Waals surface area contributed by atoms with Crippen LogP contribution in [0, 0.1) is 0 Å². The number of esters is 2. The normalized spacial score (nSPS) is 11.5. The van der Waals surface area contributed by atoms with Gasteiger partial charge in [0.1, 0.15) is 6.61 Å². The molecule has 0 fully saturated rings. The highest BCUT2D eigenvalue weighted by molar-refractivity contribution is 5.74. The predicted molar refractivity (Wildman–Crippen MR) is 86.7 cm³/mol. The van der Waals surface area contributed by atoms with Gasteiger partial charge in [0, 0.05) is 5.92 Å². The van der Waals surface area contributed by atoms with Crippen LogP contribution >= 0.6 is 0 Å². The Labute approximate surface area is 136 Å². The van der Waals surface area contributed by atoms with Gasteiger partial charge in [0.2, 0.25) is 0 Å². The average Bonchev–Trinajstić information content (AvgIpc) is 2.61. The molecule has 0 heterocycles. The Morgan fingerprint density at radius 3 is 2.04 bits per heavy atom. The van der Waals surface area contributed by atoms with E-state index in [1.807, 2.05) is 60.7 Å². The topological polar surface area (TPSA) is 52.6 Å². The molecule has 0 aliphatic carbocycles.